The number of benzene rings is 2. The molecule has 0 spiro atoms. The maximum Gasteiger partial charge on any atom is 0.326 e. The molecule has 2 aromatic carbocycles. The summed E-state index contributed by atoms with van der Waals surface area (Å²) in [6.45, 7) is 1.78. The van der Waals surface area contributed by atoms with Gasteiger partial charge in [0.25, 0.3) is 0 Å². The summed E-state index contributed by atoms with van der Waals surface area (Å²) in [5.74, 6) is -3.50. The van der Waals surface area contributed by atoms with Crippen molar-refractivity contribution in [3.05, 3.63) is 65.7 Å². The van der Waals surface area contributed by atoms with E-state index in [4.69, 9.17) is 11.5 Å². The van der Waals surface area contributed by atoms with Gasteiger partial charge in [0.2, 0.25) is 23.6 Å². The Labute approximate surface area is 261 Å². The number of carboxylic acids is 1. The molecule has 2 aromatic rings. The molecule has 1 heterocycles. The zero-order valence-corrected chi connectivity index (χ0v) is 25.1. The molecule has 14 heteroatoms. The topological polar surface area (TPSA) is 230 Å². The number of amides is 4. The van der Waals surface area contributed by atoms with Gasteiger partial charge in [-0.2, -0.15) is 0 Å². The first-order chi connectivity index (χ1) is 21.4. The highest BCUT2D eigenvalue weighted by atomic mass is 16.4. The molecule has 14 nitrogen and oxygen atoms in total. The number of aliphatic carboxylic acids is 1. The van der Waals surface area contributed by atoms with Crippen LogP contribution in [0.15, 0.2) is 59.6 Å². The van der Waals surface area contributed by atoms with Gasteiger partial charge in [-0.05, 0) is 48.9 Å². The summed E-state index contributed by atoms with van der Waals surface area (Å²) in [4.78, 5) is 69.9. The van der Waals surface area contributed by atoms with Crippen LogP contribution in [-0.2, 0) is 36.8 Å². The van der Waals surface area contributed by atoms with Gasteiger partial charge in [-0.15, -0.1) is 0 Å². The molecule has 1 aliphatic rings. The molecule has 0 unspecified atom stereocenters. The molecule has 4 amide bonds. The largest absolute Gasteiger partial charge is 0.508 e. The third-order valence-corrected chi connectivity index (χ3v) is 7.37. The number of carbonyl (C=O) groups is 5. The lowest BCUT2D eigenvalue weighted by molar-refractivity contribution is -0.143. The van der Waals surface area contributed by atoms with Gasteiger partial charge in [0.05, 0.1) is 0 Å². The van der Waals surface area contributed by atoms with Gasteiger partial charge in [-0.25, -0.2) is 4.79 Å². The second-order valence-corrected chi connectivity index (χ2v) is 10.9. The fraction of sp³-hybridized carbons (Fsp3) is 0.419. The predicted octanol–water partition coefficient (Wildman–Crippen LogP) is -0.219. The fourth-order valence-corrected chi connectivity index (χ4v) is 5.18. The van der Waals surface area contributed by atoms with Crippen molar-refractivity contribution in [2.24, 2.45) is 16.5 Å². The third kappa shape index (κ3) is 10.8. The maximum absolute atomic E-state index is 13.6. The average Bonchev–Trinajstić information content (AvgIpc) is 3.49. The van der Waals surface area contributed by atoms with Crippen molar-refractivity contribution in [3.8, 4) is 5.75 Å². The lowest BCUT2D eigenvalue weighted by Crippen LogP contribution is -2.57. The Bertz CT molecular complexity index is 1360. The van der Waals surface area contributed by atoms with Crippen LogP contribution in [0.1, 0.15) is 43.7 Å². The number of likely N-dealkylation sites (tertiary alicyclic amines) is 1. The third-order valence-electron chi connectivity index (χ3n) is 7.37. The van der Waals surface area contributed by atoms with Crippen LogP contribution in [0.25, 0.3) is 0 Å². The standard InChI is InChI=1S/C31H41N7O7/c1-19(39)35-24(17-20-7-3-2-4-8-20)29(43)38-16-6-10-26(38)28(42)36-23(9-5-15-34-31(32)33)27(41)37-25(30(44)45)18-21-11-13-22(40)14-12-21/h2-4,7-8,11-14,23-26,40H,5-6,9-10,15-18H2,1H3,(H,35,39)(H,36,42)(H,37,41)(H,44,45)(H4,32,33,34)/t23-,24-,25-,26-/m0/s1. The molecule has 9 N–H and O–H groups in total. The first-order valence-corrected chi connectivity index (χ1v) is 14.7. The summed E-state index contributed by atoms with van der Waals surface area (Å²) in [6.07, 6.45) is 1.43. The summed E-state index contributed by atoms with van der Waals surface area (Å²) >= 11 is 0. The lowest BCUT2D eigenvalue weighted by Gasteiger charge is -2.30. The molecular formula is C31H41N7O7. The molecule has 3 rings (SSSR count). The minimum Gasteiger partial charge on any atom is -0.508 e. The molecule has 0 bridgehead atoms. The van der Waals surface area contributed by atoms with Gasteiger partial charge in [0, 0.05) is 32.9 Å². The highest BCUT2D eigenvalue weighted by Crippen LogP contribution is 2.20. The smallest absolute Gasteiger partial charge is 0.326 e. The molecule has 0 aromatic heterocycles. The van der Waals surface area contributed by atoms with Gasteiger partial charge in [-0.3, -0.25) is 24.2 Å². The highest BCUT2D eigenvalue weighted by Gasteiger charge is 2.39. The quantitative estimate of drug-likeness (QED) is 0.0789. The zero-order valence-electron chi connectivity index (χ0n) is 25.1. The van der Waals surface area contributed by atoms with Crippen LogP contribution in [0.2, 0.25) is 0 Å². The minimum atomic E-state index is -1.32. The van der Waals surface area contributed by atoms with Crippen molar-refractivity contribution in [1.82, 2.24) is 20.9 Å². The summed E-state index contributed by atoms with van der Waals surface area (Å²) in [5, 5.41) is 27.2. The number of nitrogens with one attached hydrogen (secondary N) is 3. The van der Waals surface area contributed by atoms with Crippen LogP contribution >= 0.6 is 0 Å². The number of phenols is 1. The normalized spacial score (nSPS) is 16.1. The molecule has 4 atom stereocenters. The average molecular weight is 624 g/mol. The molecule has 0 aliphatic carbocycles. The van der Waals surface area contributed by atoms with Crippen molar-refractivity contribution in [2.45, 2.75) is 69.6 Å². The first-order valence-electron chi connectivity index (χ1n) is 14.7. The number of aromatic hydroxyl groups is 1. The Morgan fingerprint density at radius 2 is 1.56 bits per heavy atom. The molecule has 1 saturated heterocycles. The number of rotatable bonds is 15. The van der Waals surface area contributed by atoms with Crippen LogP contribution in [0, 0.1) is 0 Å². The number of nitrogens with zero attached hydrogens (tertiary/aromatic N) is 2. The van der Waals surface area contributed by atoms with E-state index >= 15 is 0 Å². The van der Waals surface area contributed by atoms with E-state index in [1.807, 2.05) is 30.3 Å². The van der Waals surface area contributed by atoms with E-state index in [1.54, 1.807) is 12.1 Å². The molecule has 0 radical (unpaired) electrons. The number of hydrogen-bond acceptors (Lipinski definition) is 7. The molecular weight excluding hydrogens is 582 g/mol. The Balaban J connectivity index is 1.75. The molecule has 0 saturated carbocycles. The number of guanidine groups is 1. The van der Waals surface area contributed by atoms with Crippen LogP contribution in [0.5, 0.6) is 5.75 Å². The second kappa shape index (κ2) is 16.6. The number of carbonyl (C=O) groups excluding carboxylic acids is 4. The number of hydrogen-bond donors (Lipinski definition) is 7. The van der Waals surface area contributed by atoms with E-state index in [-0.39, 0.29) is 50.0 Å². The maximum atomic E-state index is 13.6. The van der Waals surface area contributed by atoms with E-state index in [9.17, 15) is 34.2 Å². The number of nitrogens with two attached hydrogens (primary N) is 2. The summed E-state index contributed by atoms with van der Waals surface area (Å²) < 4.78 is 0. The number of carboxylic acid groups (broad SMARTS) is 1. The zero-order chi connectivity index (χ0) is 32.9. The van der Waals surface area contributed by atoms with E-state index in [0.29, 0.717) is 24.8 Å². The first kappa shape index (κ1) is 34.4. The Morgan fingerprint density at radius 1 is 0.911 bits per heavy atom. The summed E-state index contributed by atoms with van der Waals surface area (Å²) in [5.41, 5.74) is 12.2. The van der Waals surface area contributed by atoms with Crippen molar-refractivity contribution < 1.29 is 34.2 Å². The Hall–Kier alpha value is -5.14. The SMILES string of the molecule is CC(=O)N[C@@H](Cc1ccccc1)C(=O)N1CCC[C@H]1C(=O)N[C@@H](CCCN=C(N)N)C(=O)N[C@@H](Cc1ccc(O)cc1)C(=O)O. The van der Waals surface area contributed by atoms with Crippen molar-refractivity contribution in [2.75, 3.05) is 13.1 Å². The van der Waals surface area contributed by atoms with E-state index in [0.717, 1.165) is 5.56 Å². The predicted molar refractivity (Wildman–Crippen MR) is 166 cm³/mol. The van der Waals surface area contributed by atoms with Gasteiger partial charge in [-0.1, -0.05) is 42.5 Å². The second-order valence-electron chi connectivity index (χ2n) is 10.9. The van der Waals surface area contributed by atoms with E-state index in [2.05, 4.69) is 20.9 Å². The Kier molecular flexibility index (Phi) is 12.7. The van der Waals surface area contributed by atoms with Crippen LogP contribution in [-0.4, -0.2) is 87.9 Å². The van der Waals surface area contributed by atoms with Gasteiger partial charge >= 0.3 is 5.97 Å². The highest BCUT2D eigenvalue weighted by molar-refractivity contribution is 5.95. The van der Waals surface area contributed by atoms with Crippen molar-refractivity contribution in [3.63, 3.8) is 0 Å². The van der Waals surface area contributed by atoms with Crippen LogP contribution < -0.4 is 27.4 Å². The number of aliphatic imine (C=N–C) groups is 1. The Morgan fingerprint density at radius 3 is 2.18 bits per heavy atom. The van der Waals surface area contributed by atoms with Crippen LogP contribution in [0.3, 0.4) is 0 Å². The lowest BCUT2D eigenvalue weighted by atomic mass is 10.0. The fourth-order valence-electron chi connectivity index (χ4n) is 5.18. The van der Waals surface area contributed by atoms with Crippen LogP contribution in [0.4, 0.5) is 0 Å². The molecule has 1 aliphatic heterocycles. The monoisotopic (exact) mass is 623 g/mol. The van der Waals surface area contributed by atoms with Crippen molar-refractivity contribution >= 4 is 35.6 Å². The van der Waals surface area contributed by atoms with Crippen molar-refractivity contribution in [1.29, 1.82) is 0 Å². The van der Waals surface area contributed by atoms with Gasteiger partial charge < -0.3 is 42.5 Å². The van der Waals surface area contributed by atoms with Gasteiger partial charge in [0.1, 0.15) is 29.9 Å². The molecule has 1 fully saturated rings. The van der Waals surface area contributed by atoms with E-state index in [1.165, 1.54) is 24.0 Å². The minimum absolute atomic E-state index is 0.0149. The summed E-state index contributed by atoms with van der Waals surface area (Å²) in [6, 6.07) is 10.8. The molecule has 242 valence electrons. The van der Waals surface area contributed by atoms with Gasteiger partial charge in [0.15, 0.2) is 5.96 Å². The summed E-state index contributed by atoms with van der Waals surface area (Å²) in [7, 11) is 0. The van der Waals surface area contributed by atoms with E-state index < -0.39 is 47.9 Å². The molecule has 45 heavy (non-hydrogen) atoms. The number of phenolic OH excluding ortho intramolecular Hbond substituents is 1.